The standard InChI is InChI=1S/C18H36O2S/c1-16(2)11-7-5-9-13-21(15-18(19)20)14-10-6-8-12-17(3)4/h16-17H,5-15H2,1-4H3/p+1. The minimum Gasteiger partial charge on any atom is -0.478 e. The molecule has 0 aromatic carbocycles. The highest BCUT2D eigenvalue weighted by atomic mass is 32.2. The Morgan fingerprint density at radius 2 is 1.24 bits per heavy atom. The van der Waals surface area contributed by atoms with E-state index >= 15 is 0 Å². The first-order valence-electron chi connectivity index (χ1n) is 8.77. The van der Waals surface area contributed by atoms with Gasteiger partial charge in [0.2, 0.25) is 5.75 Å². The van der Waals surface area contributed by atoms with Crippen molar-refractivity contribution in [2.45, 2.75) is 79.1 Å². The highest BCUT2D eigenvalue weighted by molar-refractivity contribution is 7.97. The Hall–Kier alpha value is -0.180. The number of aliphatic carboxylic acids is 1. The molecule has 0 unspecified atom stereocenters. The second kappa shape index (κ2) is 13.5. The summed E-state index contributed by atoms with van der Waals surface area (Å²) in [6.45, 7) is 9.08. The molecule has 0 spiro atoms. The van der Waals surface area contributed by atoms with Crippen molar-refractivity contribution in [1.82, 2.24) is 0 Å². The van der Waals surface area contributed by atoms with Crippen molar-refractivity contribution in [3.63, 3.8) is 0 Å². The Morgan fingerprint density at radius 3 is 1.57 bits per heavy atom. The number of carboxylic acids is 1. The van der Waals surface area contributed by atoms with Crippen LogP contribution in [0.25, 0.3) is 0 Å². The Morgan fingerprint density at radius 1 is 0.810 bits per heavy atom. The third kappa shape index (κ3) is 16.0. The van der Waals surface area contributed by atoms with Gasteiger partial charge in [-0.1, -0.05) is 53.4 Å². The number of unbranched alkanes of at least 4 members (excludes halogenated alkanes) is 4. The summed E-state index contributed by atoms with van der Waals surface area (Å²) in [6, 6.07) is 0. The summed E-state index contributed by atoms with van der Waals surface area (Å²) in [6.07, 6.45) is 10.2. The number of hydrogen-bond donors (Lipinski definition) is 1. The quantitative estimate of drug-likeness (QED) is 0.356. The maximum Gasteiger partial charge on any atom is 0.353 e. The lowest BCUT2D eigenvalue weighted by molar-refractivity contribution is -0.133. The van der Waals surface area contributed by atoms with Gasteiger partial charge in [0, 0.05) is 0 Å². The molecule has 0 bridgehead atoms. The van der Waals surface area contributed by atoms with Gasteiger partial charge in [-0.15, -0.1) is 0 Å². The lowest BCUT2D eigenvalue weighted by Crippen LogP contribution is -2.22. The van der Waals surface area contributed by atoms with E-state index in [0.29, 0.717) is 5.75 Å². The molecule has 3 heteroatoms. The van der Waals surface area contributed by atoms with Crippen molar-refractivity contribution in [2.24, 2.45) is 11.8 Å². The summed E-state index contributed by atoms with van der Waals surface area (Å²) >= 11 is 0. The molecule has 0 heterocycles. The first kappa shape index (κ1) is 20.8. The van der Waals surface area contributed by atoms with Crippen molar-refractivity contribution >= 4 is 16.9 Å². The molecule has 1 N–H and O–H groups in total. The SMILES string of the molecule is CC(C)CCCCC[S+](CCCCCC(C)C)CC(=O)O. The Bertz CT molecular complexity index is 234. The van der Waals surface area contributed by atoms with E-state index in [1.165, 1.54) is 51.4 Å². The Labute approximate surface area is 135 Å². The summed E-state index contributed by atoms with van der Waals surface area (Å²) in [5.74, 6) is 3.64. The number of rotatable bonds is 14. The van der Waals surface area contributed by atoms with Crippen molar-refractivity contribution in [2.75, 3.05) is 17.3 Å². The van der Waals surface area contributed by atoms with Gasteiger partial charge in [0.1, 0.15) is 11.5 Å². The average Bonchev–Trinajstić information content (AvgIpc) is 2.36. The van der Waals surface area contributed by atoms with Crippen molar-refractivity contribution in [3.05, 3.63) is 0 Å². The fourth-order valence-corrected chi connectivity index (χ4v) is 4.56. The van der Waals surface area contributed by atoms with Crippen molar-refractivity contribution in [3.8, 4) is 0 Å². The zero-order chi connectivity index (χ0) is 16.1. The molecule has 0 saturated carbocycles. The van der Waals surface area contributed by atoms with Crippen LogP contribution in [-0.2, 0) is 15.7 Å². The van der Waals surface area contributed by atoms with Gasteiger partial charge in [0.05, 0.1) is 0 Å². The van der Waals surface area contributed by atoms with Gasteiger partial charge in [-0.25, -0.2) is 4.79 Å². The summed E-state index contributed by atoms with van der Waals surface area (Å²) in [4.78, 5) is 11.0. The van der Waals surface area contributed by atoms with Crippen LogP contribution >= 0.6 is 0 Å². The van der Waals surface area contributed by atoms with E-state index in [-0.39, 0.29) is 10.9 Å². The molecule has 0 aliphatic rings. The van der Waals surface area contributed by atoms with Crippen LogP contribution in [0.4, 0.5) is 0 Å². The molecule has 0 rings (SSSR count). The van der Waals surface area contributed by atoms with Gasteiger partial charge in [0.25, 0.3) is 0 Å². The smallest absolute Gasteiger partial charge is 0.353 e. The lowest BCUT2D eigenvalue weighted by Gasteiger charge is -2.08. The van der Waals surface area contributed by atoms with Gasteiger partial charge in [-0.05, 0) is 48.4 Å². The molecular weight excluding hydrogens is 280 g/mol. The van der Waals surface area contributed by atoms with Crippen LogP contribution in [0.1, 0.15) is 79.1 Å². The van der Waals surface area contributed by atoms with Crippen LogP contribution in [-0.4, -0.2) is 28.3 Å². The molecule has 0 amide bonds. The Balaban J connectivity index is 3.74. The molecule has 21 heavy (non-hydrogen) atoms. The molecule has 0 saturated heterocycles. The van der Waals surface area contributed by atoms with Crippen LogP contribution in [0.15, 0.2) is 0 Å². The molecule has 0 fully saturated rings. The minimum atomic E-state index is -0.609. The van der Waals surface area contributed by atoms with E-state index in [1.807, 2.05) is 0 Å². The maximum atomic E-state index is 11.0. The number of carboxylic acid groups (broad SMARTS) is 1. The molecule has 0 atom stereocenters. The van der Waals surface area contributed by atoms with Crippen LogP contribution < -0.4 is 0 Å². The van der Waals surface area contributed by atoms with Gasteiger partial charge in [0.15, 0.2) is 0 Å². The van der Waals surface area contributed by atoms with E-state index in [1.54, 1.807) is 0 Å². The second-order valence-electron chi connectivity index (χ2n) is 7.05. The minimum absolute atomic E-state index is 0.118. The maximum absolute atomic E-state index is 11.0. The van der Waals surface area contributed by atoms with Gasteiger partial charge in [-0.2, -0.15) is 0 Å². The third-order valence-electron chi connectivity index (χ3n) is 3.76. The van der Waals surface area contributed by atoms with E-state index < -0.39 is 5.97 Å². The Kier molecular flexibility index (Phi) is 13.4. The van der Waals surface area contributed by atoms with Gasteiger partial charge in [-0.3, -0.25) is 0 Å². The third-order valence-corrected chi connectivity index (χ3v) is 6.14. The largest absolute Gasteiger partial charge is 0.478 e. The van der Waals surface area contributed by atoms with E-state index in [9.17, 15) is 4.79 Å². The highest BCUT2D eigenvalue weighted by Crippen LogP contribution is 2.13. The zero-order valence-corrected chi connectivity index (χ0v) is 15.5. The van der Waals surface area contributed by atoms with E-state index in [2.05, 4.69) is 27.7 Å². The predicted molar refractivity (Wildman–Crippen MR) is 96.2 cm³/mol. The van der Waals surface area contributed by atoms with Crippen LogP contribution in [0.3, 0.4) is 0 Å². The van der Waals surface area contributed by atoms with E-state index in [4.69, 9.17) is 5.11 Å². The molecular formula is C18H37O2S+. The molecule has 0 aliphatic heterocycles. The van der Waals surface area contributed by atoms with Gasteiger partial charge < -0.3 is 5.11 Å². The van der Waals surface area contributed by atoms with Crippen LogP contribution in [0.5, 0.6) is 0 Å². The number of carbonyl (C=O) groups is 1. The monoisotopic (exact) mass is 317 g/mol. The highest BCUT2D eigenvalue weighted by Gasteiger charge is 2.21. The van der Waals surface area contributed by atoms with Crippen molar-refractivity contribution in [1.29, 1.82) is 0 Å². The molecule has 0 aromatic heterocycles. The molecule has 126 valence electrons. The van der Waals surface area contributed by atoms with Crippen LogP contribution in [0, 0.1) is 11.8 Å². The fraction of sp³-hybridized carbons (Fsp3) is 0.944. The topological polar surface area (TPSA) is 37.3 Å². The summed E-state index contributed by atoms with van der Waals surface area (Å²) in [5, 5.41) is 9.04. The first-order valence-corrected chi connectivity index (χ1v) is 10.5. The molecule has 0 aliphatic carbocycles. The zero-order valence-electron chi connectivity index (χ0n) is 14.7. The molecule has 2 nitrogen and oxygen atoms in total. The van der Waals surface area contributed by atoms with Crippen molar-refractivity contribution < 1.29 is 9.90 Å². The normalized spacial score (nSPS) is 11.8. The summed E-state index contributed by atoms with van der Waals surface area (Å²) < 4.78 is 0. The lowest BCUT2D eigenvalue weighted by atomic mass is 10.1. The summed E-state index contributed by atoms with van der Waals surface area (Å²) in [7, 11) is 0.118. The number of hydrogen-bond acceptors (Lipinski definition) is 1. The van der Waals surface area contributed by atoms with Gasteiger partial charge >= 0.3 is 5.97 Å². The van der Waals surface area contributed by atoms with E-state index in [0.717, 1.165) is 23.3 Å². The predicted octanol–water partition coefficient (Wildman–Crippen LogP) is 5.12. The fourth-order valence-electron chi connectivity index (χ4n) is 2.49. The first-order chi connectivity index (χ1) is 9.91. The van der Waals surface area contributed by atoms with Crippen LogP contribution in [0.2, 0.25) is 0 Å². The average molecular weight is 318 g/mol. The summed E-state index contributed by atoms with van der Waals surface area (Å²) in [5.41, 5.74) is 0. The molecule has 0 aromatic rings. The molecule has 0 radical (unpaired) electrons. The second-order valence-corrected chi connectivity index (χ2v) is 9.37.